The number of anilines is 1. The third-order valence-corrected chi connectivity index (χ3v) is 6.04. The van der Waals surface area contributed by atoms with Gasteiger partial charge in [-0.1, -0.05) is 6.92 Å². The summed E-state index contributed by atoms with van der Waals surface area (Å²) in [7, 11) is 0. The maximum Gasteiger partial charge on any atom is 0.202 e. The molecule has 2 unspecified atom stereocenters. The summed E-state index contributed by atoms with van der Waals surface area (Å²) < 4.78 is 4.48. The number of rotatable bonds is 3. The minimum atomic E-state index is 0.423. The molecule has 2 atom stereocenters. The number of hydrogen-bond acceptors (Lipinski definition) is 6. The van der Waals surface area contributed by atoms with Crippen molar-refractivity contribution < 1.29 is 0 Å². The van der Waals surface area contributed by atoms with Gasteiger partial charge in [-0.25, -0.2) is 4.98 Å². The predicted molar refractivity (Wildman–Crippen MR) is 75.8 cm³/mol. The Bertz CT molecular complexity index is 340. The summed E-state index contributed by atoms with van der Waals surface area (Å²) in [4.78, 5) is 4.59. The molecule has 1 aromatic heterocycles. The number of aromatic nitrogens is 2. The van der Waals surface area contributed by atoms with Gasteiger partial charge in [-0.2, -0.15) is 16.1 Å². The molecule has 0 aromatic carbocycles. The lowest BCUT2D eigenvalue weighted by Gasteiger charge is -2.25. The fraction of sp³-hybridized carbons (Fsp3) is 0.800. The summed E-state index contributed by atoms with van der Waals surface area (Å²) in [6.45, 7) is 6.52. The Morgan fingerprint density at radius 2 is 2.06 bits per heavy atom. The fourth-order valence-corrected chi connectivity index (χ4v) is 5.09. The van der Waals surface area contributed by atoms with E-state index in [0.717, 1.165) is 11.0 Å². The second-order valence-electron chi connectivity index (χ2n) is 4.12. The molecule has 90 valence electrons. The molecule has 6 heteroatoms. The highest BCUT2D eigenvalue weighted by Crippen LogP contribution is 2.41. The molecular formula is C10H17N3S3. The van der Waals surface area contributed by atoms with Gasteiger partial charge >= 0.3 is 0 Å². The van der Waals surface area contributed by atoms with E-state index in [0.29, 0.717) is 16.5 Å². The van der Waals surface area contributed by atoms with Gasteiger partial charge in [0.05, 0.1) is 5.25 Å². The SMILES string of the molecule is CC(C)Nc1nc(C2SCCSC2C)ns1. The highest BCUT2D eigenvalue weighted by atomic mass is 32.2. The maximum absolute atomic E-state index is 4.59. The van der Waals surface area contributed by atoms with Gasteiger partial charge in [0.15, 0.2) is 5.82 Å². The average molecular weight is 275 g/mol. The van der Waals surface area contributed by atoms with Crippen molar-refractivity contribution in [3.8, 4) is 0 Å². The van der Waals surface area contributed by atoms with Crippen LogP contribution in [0.25, 0.3) is 0 Å². The van der Waals surface area contributed by atoms with Crippen LogP contribution in [0.5, 0.6) is 0 Å². The Hall–Kier alpha value is 0.0600. The zero-order chi connectivity index (χ0) is 11.5. The summed E-state index contributed by atoms with van der Waals surface area (Å²) >= 11 is 5.50. The smallest absolute Gasteiger partial charge is 0.202 e. The Balaban J connectivity index is 2.05. The van der Waals surface area contributed by atoms with Crippen LogP contribution in [0, 0.1) is 0 Å². The Morgan fingerprint density at radius 3 is 2.75 bits per heavy atom. The van der Waals surface area contributed by atoms with Crippen LogP contribution in [-0.2, 0) is 0 Å². The Morgan fingerprint density at radius 1 is 1.31 bits per heavy atom. The van der Waals surface area contributed by atoms with Crippen LogP contribution in [0.4, 0.5) is 5.13 Å². The van der Waals surface area contributed by atoms with Gasteiger partial charge in [-0.3, -0.25) is 0 Å². The monoisotopic (exact) mass is 275 g/mol. The van der Waals surface area contributed by atoms with E-state index in [1.54, 1.807) is 0 Å². The molecule has 1 aliphatic rings. The quantitative estimate of drug-likeness (QED) is 0.916. The molecule has 1 aromatic rings. The minimum absolute atomic E-state index is 0.423. The van der Waals surface area contributed by atoms with Gasteiger partial charge in [0, 0.05) is 34.3 Å². The van der Waals surface area contributed by atoms with E-state index in [-0.39, 0.29) is 0 Å². The molecule has 1 N–H and O–H groups in total. The topological polar surface area (TPSA) is 37.8 Å². The second kappa shape index (κ2) is 5.60. The molecule has 3 nitrogen and oxygen atoms in total. The van der Waals surface area contributed by atoms with Crippen LogP contribution in [-0.4, -0.2) is 32.2 Å². The van der Waals surface area contributed by atoms with Crippen molar-refractivity contribution in [1.82, 2.24) is 9.36 Å². The first-order valence-corrected chi connectivity index (χ1v) is 8.37. The van der Waals surface area contributed by atoms with Gasteiger partial charge in [-0.05, 0) is 13.8 Å². The van der Waals surface area contributed by atoms with Crippen LogP contribution in [0.15, 0.2) is 0 Å². The van der Waals surface area contributed by atoms with Crippen molar-refractivity contribution in [2.24, 2.45) is 0 Å². The van der Waals surface area contributed by atoms with E-state index >= 15 is 0 Å². The van der Waals surface area contributed by atoms with Crippen LogP contribution >= 0.6 is 35.1 Å². The lowest BCUT2D eigenvalue weighted by molar-refractivity contribution is 0.842. The van der Waals surface area contributed by atoms with Crippen LogP contribution < -0.4 is 5.32 Å². The van der Waals surface area contributed by atoms with Gasteiger partial charge < -0.3 is 5.32 Å². The standard InChI is InChI=1S/C10H17N3S3/c1-6(2)11-10-12-9(13-16-10)8-7(3)14-4-5-15-8/h6-8H,4-5H2,1-3H3,(H,11,12,13). The van der Waals surface area contributed by atoms with Crippen LogP contribution in [0.3, 0.4) is 0 Å². The van der Waals surface area contributed by atoms with Gasteiger partial charge in [0.25, 0.3) is 0 Å². The highest BCUT2D eigenvalue weighted by molar-refractivity contribution is 8.06. The average Bonchev–Trinajstić information content (AvgIpc) is 2.66. The van der Waals surface area contributed by atoms with Crippen LogP contribution in [0.1, 0.15) is 31.8 Å². The fourth-order valence-electron chi connectivity index (χ4n) is 1.57. The molecule has 0 aliphatic carbocycles. The van der Waals surface area contributed by atoms with Gasteiger partial charge in [0.1, 0.15) is 0 Å². The largest absolute Gasteiger partial charge is 0.358 e. The molecule has 2 rings (SSSR count). The summed E-state index contributed by atoms with van der Waals surface area (Å²) in [6, 6.07) is 0.423. The van der Waals surface area contributed by atoms with Crippen molar-refractivity contribution in [3.63, 3.8) is 0 Å². The van der Waals surface area contributed by atoms with Crippen LogP contribution in [0.2, 0.25) is 0 Å². The molecule has 0 saturated carbocycles. The zero-order valence-corrected chi connectivity index (χ0v) is 12.2. The van der Waals surface area contributed by atoms with E-state index in [1.807, 2.05) is 23.5 Å². The first-order valence-electron chi connectivity index (χ1n) is 5.50. The van der Waals surface area contributed by atoms with E-state index in [4.69, 9.17) is 0 Å². The molecule has 1 saturated heterocycles. The molecule has 16 heavy (non-hydrogen) atoms. The first kappa shape index (κ1) is 12.5. The Kier molecular flexibility index (Phi) is 4.38. The second-order valence-corrected chi connectivity index (χ2v) is 7.61. The number of thioether (sulfide) groups is 2. The number of nitrogens with one attached hydrogen (secondary N) is 1. The van der Waals surface area contributed by atoms with Gasteiger partial charge in [-0.15, -0.1) is 11.8 Å². The van der Waals surface area contributed by atoms with E-state index in [1.165, 1.54) is 23.0 Å². The lowest BCUT2D eigenvalue weighted by Crippen LogP contribution is -2.17. The molecule has 1 fully saturated rings. The summed E-state index contributed by atoms with van der Waals surface area (Å²) in [6.07, 6.45) is 0. The Labute approximate surface area is 109 Å². The minimum Gasteiger partial charge on any atom is -0.358 e. The van der Waals surface area contributed by atoms with Crippen molar-refractivity contribution >= 4 is 40.2 Å². The van der Waals surface area contributed by atoms with Crippen molar-refractivity contribution in [2.75, 3.05) is 16.8 Å². The van der Waals surface area contributed by atoms with Crippen molar-refractivity contribution in [3.05, 3.63) is 5.82 Å². The molecule has 1 aliphatic heterocycles. The molecule has 2 heterocycles. The maximum atomic E-state index is 4.59. The molecule has 0 amide bonds. The molecule has 0 spiro atoms. The van der Waals surface area contributed by atoms with Crippen molar-refractivity contribution in [2.45, 2.75) is 37.3 Å². The third kappa shape index (κ3) is 3.05. The number of nitrogens with zero attached hydrogens (tertiary/aromatic N) is 2. The first-order chi connectivity index (χ1) is 7.66. The molecular weight excluding hydrogens is 258 g/mol. The third-order valence-electron chi connectivity index (χ3n) is 2.30. The predicted octanol–water partition coefficient (Wildman–Crippen LogP) is 3.27. The highest BCUT2D eigenvalue weighted by Gasteiger charge is 2.27. The summed E-state index contributed by atoms with van der Waals surface area (Å²) in [5, 5.41) is 5.36. The van der Waals surface area contributed by atoms with E-state index < -0.39 is 0 Å². The number of hydrogen-bond donors (Lipinski definition) is 1. The zero-order valence-electron chi connectivity index (χ0n) is 9.77. The normalized spacial score (nSPS) is 26.0. The summed E-state index contributed by atoms with van der Waals surface area (Å²) in [5.41, 5.74) is 0. The molecule has 0 radical (unpaired) electrons. The van der Waals surface area contributed by atoms with E-state index in [9.17, 15) is 0 Å². The summed E-state index contributed by atoms with van der Waals surface area (Å²) in [5.74, 6) is 3.48. The van der Waals surface area contributed by atoms with Gasteiger partial charge in [0.2, 0.25) is 5.13 Å². The van der Waals surface area contributed by atoms with Crippen molar-refractivity contribution in [1.29, 1.82) is 0 Å². The lowest BCUT2D eigenvalue weighted by atomic mass is 10.3. The molecule has 0 bridgehead atoms. The van der Waals surface area contributed by atoms with E-state index in [2.05, 4.69) is 35.4 Å².